The summed E-state index contributed by atoms with van der Waals surface area (Å²) < 4.78 is 32.8. The molecular formula is C31H32FN7O4. The molecule has 0 N–H and O–H groups in total. The number of imidazole rings is 1. The SMILES string of the molecule is COC(=O)c1ccc2nc(CN3CCN(c4cncc(OCc5ccc(C#N)cc5F)n4)CC3C)n(CC3CCO3)c2c1. The van der Waals surface area contributed by atoms with Crippen LogP contribution in [-0.4, -0.2) is 75.9 Å². The molecule has 2 unspecified atom stereocenters. The number of aromatic nitrogens is 4. The molecule has 2 saturated heterocycles. The summed E-state index contributed by atoms with van der Waals surface area (Å²) in [5.41, 5.74) is 2.82. The Labute approximate surface area is 248 Å². The second kappa shape index (κ2) is 12.3. The van der Waals surface area contributed by atoms with Crippen molar-refractivity contribution in [1.29, 1.82) is 5.26 Å². The van der Waals surface area contributed by atoms with Crippen molar-refractivity contribution >= 4 is 22.8 Å². The maximum atomic E-state index is 14.3. The highest BCUT2D eigenvalue weighted by Gasteiger charge is 2.28. The van der Waals surface area contributed by atoms with Gasteiger partial charge in [0, 0.05) is 37.8 Å². The monoisotopic (exact) mass is 585 g/mol. The molecule has 2 atom stereocenters. The van der Waals surface area contributed by atoms with Crippen molar-refractivity contribution in [2.24, 2.45) is 0 Å². The number of halogens is 1. The van der Waals surface area contributed by atoms with Crippen LogP contribution in [-0.2, 0) is 29.2 Å². The van der Waals surface area contributed by atoms with E-state index in [9.17, 15) is 9.18 Å². The van der Waals surface area contributed by atoms with Gasteiger partial charge in [-0.1, -0.05) is 6.07 Å². The van der Waals surface area contributed by atoms with E-state index in [0.29, 0.717) is 35.9 Å². The van der Waals surface area contributed by atoms with Gasteiger partial charge in [0.05, 0.1) is 66.9 Å². The van der Waals surface area contributed by atoms with Crippen molar-refractivity contribution in [3.63, 3.8) is 0 Å². The predicted molar refractivity (Wildman–Crippen MR) is 155 cm³/mol. The first-order valence-corrected chi connectivity index (χ1v) is 14.2. The number of ether oxygens (including phenoxy) is 3. The molecule has 0 amide bonds. The van der Waals surface area contributed by atoms with Crippen LogP contribution in [0.3, 0.4) is 0 Å². The zero-order valence-corrected chi connectivity index (χ0v) is 24.1. The second-order valence-corrected chi connectivity index (χ2v) is 10.8. The van der Waals surface area contributed by atoms with Gasteiger partial charge in [0.15, 0.2) is 5.82 Å². The van der Waals surface area contributed by atoms with E-state index < -0.39 is 5.82 Å². The Kier molecular flexibility index (Phi) is 8.18. The highest BCUT2D eigenvalue weighted by molar-refractivity contribution is 5.93. The van der Waals surface area contributed by atoms with Crippen molar-refractivity contribution in [3.05, 3.63) is 77.1 Å². The number of carbonyl (C=O) groups is 1. The maximum Gasteiger partial charge on any atom is 0.337 e. The lowest BCUT2D eigenvalue weighted by molar-refractivity contribution is -0.0592. The summed E-state index contributed by atoms with van der Waals surface area (Å²) in [7, 11) is 1.38. The second-order valence-electron chi connectivity index (χ2n) is 10.8. The van der Waals surface area contributed by atoms with Crippen LogP contribution in [0.1, 0.15) is 40.7 Å². The number of rotatable bonds is 9. The summed E-state index contributed by atoms with van der Waals surface area (Å²) >= 11 is 0. The van der Waals surface area contributed by atoms with Crippen molar-refractivity contribution in [2.75, 3.05) is 38.3 Å². The lowest BCUT2D eigenvalue weighted by atomic mass is 10.1. The van der Waals surface area contributed by atoms with Crippen molar-refractivity contribution in [3.8, 4) is 11.9 Å². The highest BCUT2D eigenvalue weighted by Crippen LogP contribution is 2.26. The van der Waals surface area contributed by atoms with E-state index in [2.05, 4.69) is 31.3 Å². The first-order valence-electron chi connectivity index (χ1n) is 14.2. The number of methoxy groups -OCH3 is 1. The summed E-state index contributed by atoms with van der Waals surface area (Å²) in [5.74, 6) is 1.05. The third-order valence-corrected chi connectivity index (χ3v) is 8.02. The van der Waals surface area contributed by atoms with Crippen LogP contribution in [0.15, 0.2) is 48.8 Å². The Bertz CT molecular complexity index is 1680. The Morgan fingerprint density at radius 1 is 1.19 bits per heavy atom. The fourth-order valence-corrected chi connectivity index (χ4v) is 5.44. The summed E-state index contributed by atoms with van der Waals surface area (Å²) in [6, 6.07) is 11.9. The Balaban J connectivity index is 1.13. The molecule has 2 aromatic heterocycles. The lowest BCUT2D eigenvalue weighted by Crippen LogP contribution is -2.52. The van der Waals surface area contributed by atoms with Crippen molar-refractivity contribution < 1.29 is 23.4 Å². The minimum atomic E-state index is -0.495. The average molecular weight is 586 g/mol. The van der Waals surface area contributed by atoms with Gasteiger partial charge in [0.2, 0.25) is 5.88 Å². The average Bonchev–Trinajstić information content (AvgIpc) is 3.34. The predicted octanol–water partition coefficient (Wildman–Crippen LogP) is 3.70. The van der Waals surface area contributed by atoms with Gasteiger partial charge in [-0.15, -0.1) is 0 Å². The van der Waals surface area contributed by atoms with Crippen molar-refractivity contribution in [1.82, 2.24) is 24.4 Å². The Morgan fingerprint density at radius 2 is 2.05 bits per heavy atom. The maximum absolute atomic E-state index is 14.3. The third-order valence-electron chi connectivity index (χ3n) is 8.02. The molecule has 0 radical (unpaired) electrons. The highest BCUT2D eigenvalue weighted by atomic mass is 19.1. The Morgan fingerprint density at radius 3 is 2.77 bits per heavy atom. The fraction of sp³-hybridized carbons (Fsp3) is 0.387. The zero-order chi connectivity index (χ0) is 29.9. The summed E-state index contributed by atoms with van der Waals surface area (Å²) in [6.45, 7) is 6.47. The number of nitriles is 1. The summed E-state index contributed by atoms with van der Waals surface area (Å²) in [5, 5.41) is 8.95. The molecule has 12 heteroatoms. The van der Waals surface area contributed by atoms with E-state index in [0.717, 1.165) is 49.5 Å². The minimum absolute atomic E-state index is 0.0200. The first kappa shape index (κ1) is 28.5. The van der Waals surface area contributed by atoms with E-state index in [4.69, 9.17) is 24.5 Å². The van der Waals surface area contributed by atoms with Crippen LogP contribution in [0.2, 0.25) is 0 Å². The standard InChI is InChI=1S/C31H32FN7O4/c1-20-16-38(28-14-34-15-30(36-28)43-19-23-4-3-21(13-33)11-25(23)32)9-8-37(20)18-29-35-26-6-5-22(31(40)41-2)12-27(26)39(29)17-24-7-10-42-24/h3-6,11-12,14-15,20,24H,7-10,16-19H2,1-2H3. The normalized spacial score (nSPS) is 18.7. The number of carbonyl (C=O) groups excluding carboxylic acids is 1. The quantitative estimate of drug-likeness (QED) is 0.269. The smallest absolute Gasteiger partial charge is 0.337 e. The number of esters is 1. The van der Waals surface area contributed by atoms with E-state index in [-0.39, 0.29) is 30.3 Å². The van der Waals surface area contributed by atoms with E-state index >= 15 is 0 Å². The molecule has 11 nitrogen and oxygen atoms in total. The van der Waals surface area contributed by atoms with Gasteiger partial charge in [0.1, 0.15) is 18.2 Å². The summed E-state index contributed by atoms with van der Waals surface area (Å²) in [4.78, 5) is 30.6. The minimum Gasteiger partial charge on any atom is -0.472 e. The number of hydrogen-bond donors (Lipinski definition) is 0. The van der Waals surface area contributed by atoms with E-state index in [1.54, 1.807) is 18.3 Å². The van der Waals surface area contributed by atoms with Gasteiger partial charge in [-0.25, -0.2) is 14.2 Å². The van der Waals surface area contributed by atoms with Crippen LogP contribution < -0.4 is 9.64 Å². The van der Waals surface area contributed by atoms with Crippen LogP contribution in [0.5, 0.6) is 5.88 Å². The topological polar surface area (TPSA) is 119 Å². The van der Waals surface area contributed by atoms with Gasteiger partial charge in [-0.05, 0) is 43.7 Å². The molecule has 2 aromatic carbocycles. The van der Waals surface area contributed by atoms with Crippen molar-refractivity contribution in [2.45, 2.75) is 45.2 Å². The molecule has 4 aromatic rings. The van der Waals surface area contributed by atoms with Gasteiger partial charge < -0.3 is 23.7 Å². The lowest BCUT2D eigenvalue weighted by Gasteiger charge is -2.40. The molecule has 2 aliphatic rings. The van der Waals surface area contributed by atoms with Gasteiger partial charge in [0.25, 0.3) is 0 Å². The van der Waals surface area contributed by atoms with E-state index in [1.807, 2.05) is 18.2 Å². The molecule has 2 fully saturated rings. The molecule has 0 saturated carbocycles. The molecule has 0 aliphatic carbocycles. The number of benzene rings is 2. The summed E-state index contributed by atoms with van der Waals surface area (Å²) in [6.07, 6.45) is 4.34. The first-order chi connectivity index (χ1) is 20.9. The zero-order valence-electron chi connectivity index (χ0n) is 24.1. The van der Waals surface area contributed by atoms with Crippen LogP contribution in [0, 0.1) is 17.1 Å². The molecule has 222 valence electrons. The largest absolute Gasteiger partial charge is 0.472 e. The number of anilines is 1. The third kappa shape index (κ3) is 6.14. The molecule has 2 aliphatic heterocycles. The van der Waals surface area contributed by atoms with Gasteiger partial charge in [-0.3, -0.25) is 9.88 Å². The van der Waals surface area contributed by atoms with Crippen LogP contribution in [0.25, 0.3) is 11.0 Å². The van der Waals surface area contributed by atoms with Crippen LogP contribution in [0.4, 0.5) is 10.2 Å². The fourth-order valence-electron chi connectivity index (χ4n) is 5.44. The molecule has 6 rings (SSSR count). The number of piperazine rings is 1. The molecule has 4 heterocycles. The molecule has 0 spiro atoms. The van der Waals surface area contributed by atoms with Gasteiger partial charge in [-0.2, -0.15) is 10.2 Å². The molecule has 0 bridgehead atoms. The molecule has 43 heavy (non-hydrogen) atoms. The van der Waals surface area contributed by atoms with Crippen LogP contribution >= 0.6 is 0 Å². The van der Waals surface area contributed by atoms with E-state index in [1.165, 1.54) is 25.4 Å². The number of hydrogen-bond acceptors (Lipinski definition) is 10. The Hall–Kier alpha value is -4.60. The number of nitrogens with zero attached hydrogens (tertiary/aromatic N) is 7. The van der Waals surface area contributed by atoms with Gasteiger partial charge >= 0.3 is 5.97 Å². The molecular weight excluding hydrogens is 553 g/mol. The number of fused-ring (bicyclic) bond motifs is 1.